The van der Waals surface area contributed by atoms with Crippen LogP contribution in [0.5, 0.6) is 0 Å². The van der Waals surface area contributed by atoms with Gasteiger partial charge in [0.15, 0.2) is 0 Å². The molecule has 2 aromatic heterocycles. The Morgan fingerprint density at radius 2 is 2.24 bits per heavy atom. The highest BCUT2D eigenvalue weighted by molar-refractivity contribution is 9.09. The molecule has 92 valence electrons. The van der Waals surface area contributed by atoms with Crippen molar-refractivity contribution in [3.8, 4) is 0 Å². The predicted octanol–water partition coefficient (Wildman–Crippen LogP) is 3.76. The van der Waals surface area contributed by atoms with Gasteiger partial charge in [-0.2, -0.15) is 0 Å². The van der Waals surface area contributed by atoms with E-state index < -0.39 is 6.43 Å². The Balaban J connectivity index is 2.36. The number of rotatable bonds is 5. The lowest BCUT2D eigenvalue weighted by atomic mass is 10.3. The maximum Gasteiger partial charge on any atom is 0.255 e. The van der Waals surface area contributed by atoms with Gasteiger partial charge in [0.2, 0.25) is 0 Å². The van der Waals surface area contributed by atoms with Crippen LogP contribution in [0.2, 0.25) is 0 Å². The molecule has 0 unspecified atom stereocenters. The van der Waals surface area contributed by atoms with Crippen LogP contribution in [0.15, 0.2) is 23.7 Å². The fourth-order valence-corrected chi connectivity index (χ4v) is 2.89. The molecule has 0 saturated carbocycles. The monoisotopic (exact) mass is 320 g/mol. The van der Waals surface area contributed by atoms with Crippen LogP contribution in [0, 0.1) is 0 Å². The van der Waals surface area contributed by atoms with Crippen LogP contribution in [0.3, 0.4) is 0 Å². The highest BCUT2D eigenvalue weighted by Crippen LogP contribution is 2.28. The highest BCUT2D eigenvalue weighted by atomic mass is 79.9. The van der Waals surface area contributed by atoms with E-state index in [-0.39, 0.29) is 6.54 Å². The number of pyridine rings is 1. The summed E-state index contributed by atoms with van der Waals surface area (Å²) in [5.74, 6) is 0.642. The standard InChI is InChI=1S/C11H11BrF2N2S/c12-3-5-16(7-10(13)14)11-8-2-6-17-9(8)1-4-15-11/h1-2,4,6,10H,3,5,7H2. The molecule has 0 spiro atoms. The van der Waals surface area contributed by atoms with Crippen LogP contribution < -0.4 is 4.90 Å². The second-order valence-corrected chi connectivity index (χ2v) is 5.23. The van der Waals surface area contributed by atoms with Gasteiger partial charge >= 0.3 is 0 Å². The third-order valence-electron chi connectivity index (χ3n) is 2.37. The number of alkyl halides is 3. The number of aromatic nitrogens is 1. The number of nitrogens with zero attached hydrogens (tertiary/aromatic N) is 2. The van der Waals surface area contributed by atoms with Crippen molar-refractivity contribution in [2.75, 3.05) is 23.3 Å². The van der Waals surface area contributed by atoms with Gasteiger partial charge in [0.1, 0.15) is 5.82 Å². The normalized spacial score (nSPS) is 11.3. The maximum atomic E-state index is 12.5. The zero-order valence-electron chi connectivity index (χ0n) is 8.94. The van der Waals surface area contributed by atoms with E-state index in [1.54, 1.807) is 22.4 Å². The number of anilines is 1. The summed E-state index contributed by atoms with van der Waals surface area (Å²) in [4.78, 5) is 5.85. The zero-order chi connectivity index (χ0) is 12.3. The van der Waals surface area contributed by atoms with E-state index in [0.29, 0.717) is 17.7 Å². The molecule has 0 bridgehead atoms. The lowest BCUT2D eigenvalue weighted by Crippen LogP contribution is -2.31. The third kappa shape index (κ3) is 2.93. The molecule has 0 aliphatic heterocycles. The van der Waals surface area contributed by atoms with E-state index in [9.17, 15) is 8.78 Å². The van der Waals surface area contributed by atoms with E-state index >= 15 is 0 Å². The fourth-order valence-electron chi connectivity index (χ4n) is 1.68. The average Bonchev–Trinajstić information content (AvgIpc) is 2.75. The summed E-state index contributed by atoms with van der Waals surface area (Å²) in [7, 11) is 0. The van der Waals surface area contributed by atoms with Gasteiger partial charge in [-0.25, -0.2) is 13.8 Å². The summed E-state index contributed by atoms with van der Waals surface area (Å²) in [6.07, 6.45) is -0.689. The summed E-state index contributed by atoms with van der Waals surface area (Å²) in [6, 6.07) is 3.83. The Hall–Kier alpha value is -0.750. The molecule has 0 aromatic carbocycles. The van der Waals surface area contributed by atoms with Crippen molar-refractivity contribution in [3.05, 3.63) is 23.7 Å². The highest BCUT2D eigenvalue weighted by Gasteiger charge is 2.16. The molecule has 6 heteroatoms. The van der Waals surface area contributed by atoms with Gasteiger partial charge in [-0.05, 0) is 17.5 Å². The lowest BCUT2D eigenvalue weighted by molar-refractivity contribution is 0.155. The Morgan fingerprint density at radius 3 is 2.94 bits per heavy atom. The lowest BCUT2D eigenvalue weighted by Gasteiger charge is -2.22. The molecule has 0 amide bonds. The summed E-state index contributed by atoms with van der Waals surface area (Å²) in [6.45, 7) is 0.236. The largest absolute Gasteiger partial charge is 0.350 e. The van der Waals surface area contributed by atoms with Crippen molar-refractivity contribution in [2.45, 2.75) is 6.43 Å². The first kappa shape index (κ1) is 12.7. The molecule has 2 rings (SSSR count). The molecule has 17 heavy (non-hydrogen) atoms. The molecular formula is C11H11BrF2N2S. The van der Waals surface area contributed by atoms with Gasteiger partial charge < -0.3 is 4.90 Å². The first-order valence-electron chi connectivity index (χ1n) is 5.13. The maximum absolute atomic E-state index is 12.5. The average molecular weight is 321 g/mol. The fraction of sp³-hybridized carbons (Fsp3) is 0.364. The van der Waals surface area contributed by atoms with Crippen LogP contribution in [0.1, 0.15) is 0 Å². The van der Waals surface area contributed by atoms with E-state index in [2.05, 4.69) is 20.9 Å². The SMILES string of the molecule is FC(F)CN(CCBr)c1nccc2sccc12. The first-order valence-corrected chi connectivity index (χ1v) is 7.13. The van der Waals surface area contributed by atoms with Gasteiger partial charge in [-0.1, -0.05) is 15.9 Å². The molecule has 0 atom stereocenters. The first-order chi connectivity index (χ1) is 8.22. The Bertz CT molecular complexity index is 489. The molecule has 0 radical (unpaired) electrons. The van der Waals surface area contributed by atoms with Gasteiger partial charge in [0, 0.05) is 28.2 Å². The Labute approximate surface area is 110 Å². The van der Waals surface area contributed by atoms with Crippen molar-refractivity contribution in [2.24, 2.45) is 0 Å². The Morgan fingerprint density at radius 1 is 1.41 bits per heavy atom. The molecule has 0 aliphatic rings. The second-order valence-electron chi connectivity index (χ2n) is 3.49. The molecule has 2 heterocycles. The van der Waals surface area contributed by atoms with Crippen LogP contribution in [0.4, 0.5) is 14.6 Å². The quantitative estimate of drug-likeness (QED) is 0.780. The smallest absolute Gasteiger partial charge is 0.255 e. The number of hydrogen-bond acceptors (Lipinski definition) is 3. The van der Waals surface area contributed by atoms with Gasteiger partial charge in [0.25, 0.3) is 6.43 Å². The van der Waals surface area contributed by atoms with Gasteiger partial charge in [-0.15, -0.1) is 11.3 Å². The van der Waals surface area contributed by atoms with Crippen LogP contribution in [0.25, 0.3) is 10.1 Å². The van der Waals surface area contributed by atoms with E-state index in [1.807, 2.05) is 17.5 Å². The van der Waals surface area contributed by atoms with E-state index in [4.69, 9.17) is 0 Å². The summed E-state index contributed by atoms with van der Waals surface area (Å²) >= 11 is 4.87. The zero-order valence-corrected chi connectivity index (χ0v) is 11.3. The molecular weight excluding hydrogens is 310 g/mol. The van der Waals surface area contributed by atoms with Crippen LogP contribution in [-0.2, 0) is 0 Å². The minimum atomic E-state index is -2.36. The van der Waals surface area contributed by atoms with Crippen molar-refractivity contribution < 1.29 is 8.78 Å². The van der Waals surface area contributed by atoms with Crippen molar-refractivity contribution in [1.82, 2.24) is 4.98 Å². The molecule has 0 aliphatic carbocycles. The van der Waals surface area contributed by atoms with Gasteiger partial charge in [0.05, 0.1) is 6.54 Å². The third-order valence-corrected chi connectivity index (χ3v) is 3.61. The minimum Gasteiger partial charge on any atom is -0.350 e. The van der Waals surface area contributed by atoms with E-state index in [1.165, 1.54) is 0 Å². The molecule has 2 nitrogen and oxygen atoms in total. The second kappa shape index (κ2) is 5.73. The van der Waals surface area contributed by atoms with Gasteiger partial charge in [-0.3, -0.25) is 0 Å². The number of halogens is 3. The number of thiophene rings is 1. The van der Waals surface area contributed by atoms with E-state index in [0.717, 1.165) is 10.1 Å². The summed E-state index contributed by atoms with van der Waals surface area (Å²) < 4.78 is 26.1. The minimum absolute atomic E-state index is 0.284. The van der Waals surface area contributed by atoms with Crippen molar-refractivity contribution in [1.29, 1.82) is 0 Å². The van der Waals surface area contributed by atoms with Crippen molar-refractivity contribution in [3.63, 3.8) is 0 Å². The Kier molecular flexibility index (Phi) is 4.28. The molecule has 0 saturated heterocycles. The van der Waals surface area contributed by atoms with Crippen LogP contribution >= 0.6 is 27.3 Å². The molecule has 2 aromatic rings. The van der Waals surface area contributed by atoms with Crippen molar-refractivity contribution >= 4 is 43.2 Å². The number of fused-ring (bicyclic) bond motifs is 1. The summed E-state index contributed by atoms with van der Waals surface area (Å²) in [5.41, 5.74) is 0. The topological polar surface area (TPSA) is 16.1 Å². The van der Waals surface area contributed by atoms with Crippen LogP contribution in [-0.4, -0.2) is 29.8 Å². The number of hydrogen-bond donors (Lipinski definition) is 0. The predicted molar refractivity (Wildman–Crippen MR) is 71.6 cm³/mol. The molecule has 0 fully saturated rings. The summed E-state index contributed by atoms with van der Waals surface area (Å²) in [5, 5.41) is 3.53. The molecule has 0 N–H and O–H groups in total.